The summed E-state index contributed by atoms with van der Waals surface area (Å²) in [7, 11) is 0. The molecule has 1 atom stereocenters. The Morgan fingerprint density at radius 1 is 1.23 bits per heavy atom. The van der Waals surface area contributed by atoms with Gasteiger partial charge in [-0.1, -0.05) is 19.1 Å². The maximum Gasteiger partial charge on any atom is 0.228 e. The van der Waals surface area contributed by atoms with Crippen LogP contribution < -0.4 is 4.90 Å². The summed E-state index contributed by atoms with van der Waals surface area (Å²) in [5.74, 6) is 0.0865. The van der Waals surface area contributed by atoms with Crippen LogP contribution in [0.25, 0.3) is 0 Å². The molecule has 0 N–H and O–H groups in total. The minimum atomic E-state index is 0.0285. The van der Waals surface area contributed by atoms with E-state index in [1.165, 1.54) is 0 Å². The number of hydrogen-bond donors (Lipinski definition) is 0. The molecule has 1 rings (SSSR count). The van der Waals surface area contributed by atoms with Crippen molar-refractivity contribution in [3.63, 3.8) is 0 Å². The molecule has 1 unspecified atom stereocenters. The molecule has 0 heterocycles. The summed E-state index contributed by atoms with van der Waals surface area (Å²) in [6, 6.07) is 8.11. The molecule has 0 fully saturated rings. The zero-order valence-corrected chi connectivity index (χ0v) is 14.4. The molecule has 0 aromatic heterocycles. The molecule has 1 aromatic carbocycles. The van der Waals surface area contributed by atoms with Gasteiger partial charge in [0.25, 0.3) is 0 Å². The summed E-state index contributed by atoms with van der Waals surface area (Å²) < 4.78 is 0. The lowest BCUT2D eigenvalue weighted by Gasteiger charge is -2.28. The highest BCUT2D eigenvalue weighted by molar-refractivity contribution is 5.93. The Bertz CT molecular complexity index is 514. The molecule has 4 heteroatoms. The lowest BCUT2D eigenvalue weighted by Crippen LogP contribution is -2.40. The van der Waals surface area contributed by atoms with Crippen molar-refractivity contribution in [2.45, 2.75) is 53.5 Å². The average Bonchev–Trinajstić information content (AvgIpc) is 2.47. The van der Waals surface area contributed by atoms with Crippen LogP contribution >= 0.6 is 0 Å². The molecule has 22 heavy (non-hydrogen) atoms. The van der Waals surface area contributed by atoms with Gasteiger partial charge < -0.3 is 9.80 Å². The summed E-state index contributed by atoms with van der Waals surface area (Å²) >= 11 is 0. The topological polar surface area (TPSA) is 40.6 Å². The number of amides is 2. The highest BCUT2D eigenvalue weighted by Gasteiger charge is 2.19. The average molecular weight is 304 g/mol. The van der Waals surface area contributed by atoms with Crippen LogP contribution in [0, 0.1) is 6.92 Å². The van der Waals surface area contributed by atoms with Crippen LogP contribution in [0.3, 0.4) is 0 Å². The molecule has 1 aromatic rings. The van der Waals surface area contributed by atoms with E-state index in [0.717, 1.165) is 17.7 Å². The predicted octanol–water partition coefficient (Wildman–Crippen LogP) is 3.39. The van der Waals surface area contributed by atoms with Crippen LogP contribution in [0.15, 0.2) is 24.3 Å². The maximum absolute atomic E-state index is 12.5. The van der Waals surface area contributed by atoms with Crippen molar-refractivity contribution in [2.24, 2.45) is 0 Å². The van der Waals surface area contributed by atoms with Crippen molar-refractivity contribution < 1.29 is 9.59 Å². The summed E-state index contributed by atoms with van der Waals surface area (Å²) in [5, 5.41) is 0. The van der Waals surface area contributed by atoms with Crippen molar-refractivity contribution in [3.05, 3.63) is 29.8 Å². The Balaban J connectivity index is 2.75. The van der Waals surface area contributed by atoms with Gasteiger partial charge in [-0.3, -0.25) is 9.59 Å². The van der Waals surface area contributed by atoms with Crippen LogP contribution in [-0.4, -0.2) is 35.8 Å². The van der Waals surface area contributed by atoms with Crippen LogP contribution in [0.4, 0.5) is 5.69 Å². The molecule has 0 saturated heterocycles. The van der Waals surface area contributed by atoms with Gasteiger partial charge in [0.2, 0.25) is 11.8 Å². The first-order valence-electron chi connectivity index (χ1n) is 8.04. The Hall–Kier alpha value is -1.84. The second-order valence-corrected chi connectivity index (χ2v) is 5.70. The molecule has 0 aliphatic heterocycles. The van der Waals surface area contributed by atoms with Gasteiger partial charge in [0.1, 0.15) is 0 Å². The van der Waals surface area contributed by atoms with E-state index in [4.69, 9.17) is 0 Å². The smallest absolute Gasteiger partial charge is 0.228 e. The summed E-state index contributed by atoms with van der Waals surface area (Å²) in [6.45, 7) is 10.7. The van der Waals surface area contributed by atoms with Crippen LogP contribution in [0.2, 0.25) is 0 Å². The first kappa shape index (κ1) is 18.2. The Kier molecular flexibility index (Phi) is 7.09. The van der Waals surface area contributed by atoms with E-state index in [0.29, 0.717) is 19.5 Å². The summed E-state index contributed by atoms with van der Waals surface area (Å²) in [6.07, 6.45) is 1.24. The van der Waals surface area contributed by atoms with Crippen molar-refractivity contribution in [2.75, 3.05) is 18.0 Å². The fourth-order valence-corrected chi connectivity index (χ4v) is 2.56. The van der Waals surface area contributed by atoms with Crippen LogP contribution in [0.5, 0.6) is 0 Å². The first-order chi connectivity index (χ1) is 10.4. The van der Waals surface area contributed by atoms with Gasteiger partial charge in [-0.15, -0.1) is 0 Å². The molecule has 0 radical (unpaired) electrons. The SMILES string of the molecule is CCC(C)N(CCC(=O)N(CC)c1cccc(C)c1)C(C)=O. The number of rotatable bonds is 7. The number of carbonyl (C=O) groups is 2. The van der Waals surface area contributed by atoms with E-state index in [2.05, 4.69) is 0 Å². The molecular weight excluding hydrogens is 276 g/mol. The first-order valence-corrected chi connectivity index (χ1v) is 8.04. The predicted molar refractivity (Wildman–Crippen MR) is 91.0 cm³/mol. The van der Waals surface area contributed by atoms with Gasteiger partial charge in [0.05, 0.1) is 0 Å². The van der Waals surface area contributed by atoms with E-state index >= 15 is 0 Å². The van der Waals surface area contributed by atoms with Crippen molar-refractivity contribution >= 4 is 17.5 Å². The maximum atomic E-state index is 12.5. The minimum absolute atomic E-state index is 0.0285. The second kappa shape index (κ2) is 8.57. The Morgan fingerprint density at radius 3 is 2.41 bits per heavy atom. The zero-order chi connectivity index (χ0) is 16.7. The lowest BCUT2D eigenvalue weighted by molar-refractivity contribution is -0.131. The third-order valence-electron chi connectivity index (χ3n) is 4.02. The van der Waals surface area contributed by atoms with E-state index in [-0.39, 0.29) is 17.9 Å². The second-order valence-electron chi connectivity index (χ2n) is 5.70. The monoisotopic (exact) mass is 304 g/mol. The van der Waals surface area contributed by atoms with Crippen molar-refractivity contribution in [1.82, 2.24) is 4.90 Å². The summed E-state index contributed by atoms with van der Waals surface area (Å²) in [5.41, 5.74) is 2.05. The fourth-order valence-electron chi connectivity index (χ4n) is 2.56. The van der Waals surface area contributed by atoms with Gasteiger partial charge in [-0.25, -0.2) is 0 Å². The lowest BCUT2D eigenvalue weighted by atomic mass is 10.2. The number of carbonyl (C=O) groups excluding carboxylic acids is 2. The number of benzene rings is 1. The normalized spacial score (nSPS) is 11.9. The molecule has 4 nitrogen and oxygen atoms in total. The number of aryl methyl sites for hydroxylation is 1. The fraction of sp³-hybridized carbons (Fsp3) is 0.556. The summed E-state index contributed by atoms with van der Waals surface area (Å²) in [4.78, 5) is 27.8. The standard InChI is InChI=1S/C18H28N2O2/c1-6-15(4)20(16(5)21)12-11-18(22)19(7-2)17-10-8-9-14(3)13-17/h8-10,13,15H,6-7,11-12H2,1-5H3. The largest absolute Gasteiger partial charge is 0.340 e. The van der Waals surface area contributed by atoms with Gasteiger partial charge >= 0.3 is 0 Å². The molecule has 0 saturated carbocycles. The van der Waals surface area contributed by atoms with E-state index in [1.807, 2.05) is 52.0 Å². The molecule has 0 aliphatic carbocycles. The minimum Gasteiger partial charge on any atom is -0.340 e. The molecule has 0 bridgehead atoms. The number of hydrogen-bond acceptors (Lipinski definition) is 2. The molecule has 0 aliphatic rings. The third-order valence-corrected chi connectivity index (χ3v) is 4.02. The molecular formula is C18H28N2O2. The Morgan fingerprint density at radius 2 is 1.91 bits per heavy atom. The van der Waals surface area contributed by atoms with Gasteiger partial charge in [0.15, 0.2) is 0 Å². The van der Waals surface area contributed by atoms with Gasteiger partial charge in [0, 0.05) is 38.2 Å². The molecule has 2 amide bonds. The third kappa shape index (κ3) is 4.86. The van der Waals surface area contributed by atoms with Crippen molar-refractivity contribution in [1.29, 1.82) is 0 Å². The van der Waals surface area contributed by atoms with E-state index < -0.39 is 0 Å². The van der Waals surface area contributed by atoms with Crippen LogP contribution in [0.1, 0.15) is 46.1 Å². The highest BCUT2D eigenvalue weighted by Crippen LogP contribution is 2.17. The van der Waals surface area contributed by atoms with Crippen molar-refractivity contribution in [3.8, 4) is 0 Å². The Labute approximate surface area is 134 Å². The molecule has 122 valence electrons. The quantitative estimate of drug-likeness (QED) is 0.775. The molecule has 0 spiro atoms. The highest BCUT2D eigenvalue weighted by atomic mass is 16.2. The van der Waals surface area contributed by atoms with Gasteiger partial charge in [-0.2, -0.15) is 0 Å². The van der Waals surface area contributed by atoms with E-state index in [9.17, 15) is 9.59 Å². The van der Waals surface area contributed by atoms with Crippen LogP contribution in [-0.2, 0) is 9.59 Å². The number of nitrogens with zero attached hydrogens (tertiary/aromatic N) is 2. The zero-order valence-electron chi connectivity index (χ0n) is 14.4. The number of anilines is 1. The van der Waals surface area contributed by atoms with Gasteiger partial charge in [-0.05, 0) is 44.9 Å². The van der Waals surface area contributed by atoms with E-state index in [1.54, 1.807) is 16.7 Å².